The molecule has 36 heavy (non-hydrogen) atoms. The number of fused-ring (bicyclic) bond motifs is 1. The Hall–Kier alpha value is -2.59. The van der Waals surface area contributed by atoms with E-state index < -0.39 is 0 Å². The number of aromatic nitrogens is 3. The van der Waals surface area contributed by atoms with Gasteiger partial charge in [-0.05, 0) is 38.4 Å². The number of likely N-dealkylation sites (tertiary alicyclic amines) is 1. The normalized spacial score (nSPS) is 20.1. The van der Waals surface area contributed by atoms with Gasteiger partial charge in [0.1, 0.15) is 17.0 Å². The van der Waals surface area contributed by atoms with Crippen molar-refractivity contribution in [1.29, 1.82) is 0 Å². The number of rotatable bonds is 8. The van der Waals surface area contributed by atoms with E-state index in [4.69, 9.17) is 47.4 Å². The molecule has 192 valence electrons. The predicted octanol–water partition coefficient (Wildman–Crippen LogP) is 4.58. The highest BCUT2D eigenvalue weighted by Gasteiger charge is 2.24. The van der Waals surface area contributed by atoms with Crippen LogP contribution in [-0.2, 0) is 4.74 Å². The van der Waals surface area contributed by atoms with Crippen LogP contribution in [0.1, 0.15) is 12.8 Å². The summed E-state index contributed by atoms with van der Waals surface area (Å²) in [6.45, 7) is 4.30. The molecule has 2 fully saturated rings. The molecule has 1 aromatic carbocycles. The second-order valence-corrected chi connectivity index (χ2v) is 10.0. The van der Waals surface area contributed by atoms with Gasteiger partial charge in [-0.1, -0.05) is 23.2 Å². The lowest BCUT2D eigenvalue weighted by atomic mass is 10.1. The molecule has 2 unspecified atom stereocenters. The van der Waals surface area contributed by atoms with Crippen LogP contribution >= 0.6 is 23.2 Å². The molecule has 3 aromatic rings. The van der Waals surface area contributed by atoms with Gasteiger partial charge in [0, 0.05) is 42.9 Å². The van der Waals surface area contributed by atoms with Gasteiger partial charge < -0.3 is 29.7 Å². The Morgan fingerprint density at radius 2 is 1.89 bits per heavy atom. The maximum Gasteiger partial charge on any atom is 0.223 e. The summed E-state index contributed by atoms with van der Waals surface area (Å²) in [5, 5.41) is 8.45. The average Bonchev–Trinajstić information content (AvgIpc) is 3.54. The van der Waals surface area contributed by atoms with E-state index in [0.29, 0.717) is 57.1 Å². The zero-order valence-corrected chi connectivity index (χ0v) is 22.1. The summed E-state index contributed by atoms with van der Waals surface area (Å²) >= 11 is 13.4. The summed E-state index contributed by atoms with van der Waals surface area (Å²) < 4.78 is 16.4. The maximum atomic E-state index is 6.71. The van der Waals surface area contributed by atoms with Crippen LogP contribution in [0.2, 0.25) is 10.0 Å². The van der Waals surface area contributed by atoms with Crippen LogP contribution in [0.5, 0.6) is 11.5 Å². The topological polar surface area (TPSA) is 93.7 Å². The molecule has 0 bridgehead atoms. The van der Waals surface area contributed by atoms with Crippen LogP contribution in [0.3, 0.4) is 0 Å². The van der Waals surface area contributed by atoms with Crippen molar-refractivity contribution in [2.45, 2.75) is 18.9 Å². The molecule has 0 amide bonds. The van der Waals surface area contributed by atoms with E-state index >= 15 is 0 Å². The number of hydrogen-bond donors (Lipinski definition) is 2. The fourth-order valence-corrected chi connectivity index (χ4v) is 5.43. The van der Waals surface area contributed by atoms with Crippen LogP contribution in [0.25, 0.3) is 22.2 Å². The monoisotopic (exact) mass is 532 g/mol. The Morgan fingerprint density at radius 3 is 2.53 bits per heavy atom. The highest BCUT2D eigenvalue weighted by Crippen LogP contribution is 2.46. The molecule has 2 aliphatic rings. The molecule has 11 heteroatoms. The molecule has 0 spiro atoms. The standard InChI is InChI=1S/C25H30Cl2N6O3/c1-33-6-4-14(12-33)10-28-24-23-15(11-29-25(32-23)30-16-5-7-36-13-16)8-17(31-24)20-21(26)18(34-2)9-19(35-3)22(20)27/h8-9,11,14,16H,4-7,10,12-13H2,1-3H3,(H,28,31)(H,29,30,32). The Morgan fingerprint density at radius 1 is 1.11 bits per heavy atom. The smallest absolute Gasteiger partial charge is 0.223 e. The number of anilines is 2. The predicted molar refractivity (Wildman–Crippen MR) is 143 cm³/mol. The third-order valence-electron chi connectivity index (χ3n) is 6.71. The highest BCUT2D eigenvalue weighted by atomic mass is 35.5. The van der Waals surface area contributed by atoms with Gasteiger partial charge in [-0.3, -0.25) is 0 Å². The fourth-order valence-electron chi connectivity index (χ4n) is 4.74. The van der Waals surface area contributed by atoms with E-state index in [1.807, 2.05) is 6.07 Å². The number of hydrogen-bond acceptors (Lipinski definition) is 9. The summed E-state index contributed by atoms with van der Waals surface area (Å²) in [5.41, 5.74) is 1.84. The van der Waals surface area contributed by atoms with E-state index in [1.165, 1.54) is 0 Å². The van der Waals surface area contributed by atoms with Crippen LogP contribution in [0.4, 0.5) is 11.8 Å². The number of nitrogens with one attached hydrogen (secondary N) is 2. The summed E-state index contributed by atoms with van der Waals surface area (Å²) in [6, 6.07) is 3.75. The molecule has 2 aromatic heterocycles. The summed E-state index contributed by atoms with van der Waals surface area (Å²) in [4.78, 5) is 16.7. The second-order valence-electron chi connectivity index (χ2n) is 9.27. The number of ether oxygens (including phenoxy) is 3. The Labute approximate surface area is 220 Å². The van der Waals surface area contributed by atoms with Gasteiger partial charge in [-0.2, -0.15) is 0 Å². The van der Waals surface area contributed by atoms with Crippen molar-refractivity contribution in [3.63, 3.8) is 0 Å². The molecule has 9 nitrogen and oxygen atoms in total. The summed E-state index contributed by atoms with van der Waals surface area (Å²) in [7, 11) is 5.25. The SMILES string of the molecule is COc1cc(OC)c(Cl)c(-c2cc3cnc(NC4CCOC4)nc3c(NCC3CCN(C)C3)n2)c1Cl. The zero-order chi connectivity index (χ0) is 25.2. The van der Waals surface area contributed by atoms with Gasteiger partial charge in [0.15, 0.2) is 5.82 Å². The molecule has 0 saturated carbocycles. The second kappa shape index (κ2) is 10.8. The molecule has 2 aliphatic heterocycles. The van der Waals surface area contributed by atoms with Gasteiger partial charge in [0.25, 0.3) is 0 Å². The quantitative estimate of drug-likeness (QED) is 0.432. The first-order valence-corrected chi connectivity index (χ1v) is 12.8. The fraction of sp³-hybridized carbons (Fsp3) is 0.480. The largest absolute Gasteiger partial charge is 0.495 e. The number of benzene rings is 1. The lowest BCUT2D eigenvalue weighted by Gasteiger charge is -2.18. The molecule has 0 radical (unpaired) electrons. The van der Waals surface area contributed by atoms with Crippen molar-refractivity contribution in [3.05, 3.63) is 28.4 Å². The Bertz CT molecular complexity index is 1230. The first kappa shape index (κ1) is 25.1. The van der Waals surface area contributed by atoms with Crippen LogP contribution in [0, 0.1) is 5.92 Å². The van der Waals surface area contributed by atoms with Gasteiger partial charge in [-0.25, -0.2) is 15.0 Å². The van der Waals surface area contributed by atoms with Crippen molar-refractivity contribution in [1.82, 2.24) is 19.9 Å². The first-order chi connectivity index (χ1) is 17.5. The van der Waals surface area contributed by atoms with E-state index in [9.17, 15) is 0 Å². The number of methoxy groups -OCH3 is 2. The van der Waals surface area contributed by atoms with Crippen molar-refractivity contribution < 1.29 is 14.2 Å². The highest BCUT2D eigenvalue weighted by molar-refractivity contribution is 6.41. The molecule has 0 aliphatic carbocycles. The van der Waals surface area contributed by atoms with E-state index in [-0.39, 0.29) is 6.04 Å². The number of halogens is 2. The van der Waals surface area contributed by atoms with Crippen molar-refractivity contribution in [2.75, 3.05) is 64.7 Å². The van der Waals surface area contributed by atoms with Gasteiger partial charge in [0.05, 0.1) is 42.6 Å². The Balaban J connectivity index is 1.58. The van der Waals surface area contributed by atoms with E-state index in [2.05, 4.69) is 27.6 Å². The number of pyridine rings is 1. The van der Waals surface area contributed by atoms with Gasteiger partial charge >= 0.3 is 0 Å². The lowest BCUT2D eigenvalue weighted by Crippen LogP contribution is -2.21. The van der Waals surface area contributed by atoms with Gasteiger partial charge in [0.2, 0.25) is 5.95 Å². The van der Waals surface area contributed by atoms with Crippen molar-refractivity contribution >= 4 is 45.9 Å². The minimum Gasteiger partial charge on any atom is -0.495 e. The van der Waals surface area contributed by atoms with Crippen LogP contribution in [-0.4, -0.2) is 80.0 Å². The average molecular weight is 533 g/mol. The van der Waals surface area contributed by atoms with E-state index in [1.54, 1.807) is 26.5 Å². The summed E-state index contributed by atoms with van der Waals surface area (Å²) in [6.07, 6.45) is 3.85. The Kier molecular flexibility index (Phi) is 7.52. The molecule has 5 rings (SSSR count). The van der Waals surface area contributed by atoms with Crippen LogP contribution in [0.15, 0.2) is 18.3 Å². The minimum atomic E-state index is 0.196. The summed E-state index contributed by atoms with van der Waals surface area (Å²) in [5.74, 6) is 2.63. The van der Waals surface area contributed by atoms with Crippen LogP contribution < -0.4 is 20.1 Å². The first-order valence-electron chi connectivity index (χ1n) is 12.0. The third kappa shape index (κ3) is 5.11. The van der Waals surface area contributed by atoms with E-state index in [0.717, 1.165) is 50.0 Å². The molecule has 4 heterocycles. The number of nitrogens with zero attached hydrogens (tertiary/aromatic N) is 4. The maximum absolute atomic E-state index is 6.71. The molecular formula is C25H30Cl2N6O3. The molecule has 2 N–H and O–H groups in total. The third-order valence-corrected chi connectivity index (χ3v) is 7.46. The molecular weight excluding hydrogens is 503 g/mol. The van der Waals surface area contributed by atoms with Crippen molar-refractivity contribution in [2.24, 2.45) is 5.92 Å². The lowest BCUT2D eigenvalue weighted by molar-refractivity contribution is 0.195. The molecule has 2 saturated heterocycles. The minimum absolute atomic E-state index is 0.196. The van der Waals surface area contributed by atoms with Crippen molar-refractivity contribution in [3.8, 4) is 22.8 Å². The zero-order valence-electron chi connectivity index (χ0n) is 20.6. The van der Waals surface area contributed by atoms with Gasteiger partial charge in [-0.15, -0.1) is 0 Å². The molecule has 2 atom stereocenters.